The molecule has 5 heteroatoms. The molecule has 1 N–H and O–H groups in total. The van der Waals surface area contributed by atoms with E-state index in [0.29, 0.717) is 6.61 Å². The van der Waals surface area contributed by atoms with Gasteiger partial charge in [-0.25, -0.2) is 0 Å². The summed E-state index contributed by atoms with van der Waals surface area (Å²) >= 11 is 0. The molecule has 5 nitrogen and oxygen atoms in total. The first-order chi connectivity index (χ1) is 8.37. The van der Waals surface area contributed by atoms with Crippen LogP contribution in [0.5, 0.6) is 0 Å². The second-order valence-electron chi connectivity index (χ2n) is 5.72. The van der Waals surface area contributed by atoms with Gasteiger partial charge < -0.3 is 24.1 Å². The molecule has 18 heavy (non-hydrogen) atoms. The van der Waals surface area contributed by atoms with Gasteiger partial charge in [0.2, 0.25) is 0 Å². The molecule has 0 aromatic heterocycles. The van der Waals surface area contributed by atoms with Gasteiger partial charge in [0.1, 0.15) is 11.7 Å². The Kier molecular flexibility index (Phi) is 3.73. The Balaban J connectivity index is 2.29. The topological polar surface area (TPSA) is 57.2 Å². The SMILES string of the molecule is CO[C@@]1(C)O[C@H]2[C@H](O[C@]1(C)CO)[C@H](C)OC[C@@H]2C. The minimum Gasteiger partial charge on any atom is -0.393 e. The van der Waals surface area contributed by atoms with Gasteiger partial charge in [0.15, 0.2) is 5.79 Å². The lowest BCUT2D eigenvalue weighted by molar-refractivity contribution is -0.414. The molecule has 0 aliphatic carbocycles. The van der Waals surface area contributed by atoms with E-state index in [0.717, 1.165) is 0 Å². The molecule has 2 fully saturated rings. The number of ether oxygens (including phenoxy) is 4. The molecule has 0 aromatic carbocycles. The van der Waals surface area contributed by atoms with E-state index >= 15 is 0 Å². The molecule has 0 aromatic rings. The molecule has 2 saturated heterocycles. The monoisotopic (exact) mass is 260 g/mol. The van der Waals surface area contributed by atoms with Crippen LogP contribution in [-0.4, -0.2) is 55.1 Å². The Morgan fingerprint density at radius 1 is 1.22 bits per heavy atom. The summed E-state index contributed by atoms with van der Waals surface area (Å²) in [5.41, 5.74) is -0.891. The quantitative estimate of drug-likeness (QED) is 0.800. The van der Waals surface area contributed by atoms with Crippen LogP contribution in [-0.2, 0) is 18.9 Å². The Labute approximate surface area is 108 Å². The van der Waals surface area contributed by atoms with E-state index < -0.39 is 11.4 Å². The van der Waals surface area contributed by atoms with Crippen LogP contribution in [0, 0.1) is 5.92 Å². The van der Waals surface area contributed by atoms with Gasteiger partial charge in [-0.2, -0.15) is 0 Å². The molecule has 6 atom stereocenters. The first-order valence-electron chi connectivity index (χ1n) is 6.50. The smallest absolute Gasteiger partial charge is 0.196 e. The van der Waals surface area contributed by atoms with Crippen LogP contribution >= 0.6 is 0 Å². The highest BCUT2D eigenvalue weighted by molar-refractivity contribution is 5.00. The van der Waals surface area contributed by atoms with Gasteiger partial charge in [0.05, 0.1) is 25.4 Å². The summed E-state index contributed by atoms with van der Waals surface area (Å²) in [7, 11) is 1.57. The number of fused-ring (bicyclic) bond motifs is 1. The maximum Gasteiger partial charge on any atom is 0.196 e. The zero-order valence-electron chi connectivity index (χ0n) is 11.8. The van der Waals surface area contributed by atoms with E-state index in [2.05, 4.69) is 6.92 Å². The van der Waals surface area contributed by atoms with Crippen LogP contribution in [0.25, 0.3) is 0 Å². The predicted octanol–water partition coefficient (Wildman–Crippen LogP) is 0.939. The number of aliphatic hydroxyl groups excluding tert-OH is 1. The lowest BCUT2D eigenvalue weighted by Crippen LogP contribution is -2.70. The third-order valence-corrected chi connectivity index (χ3v) is 4.38. The van der Waals surface area contributed by atoms with Crippen LogP contribution < -0.4 is 0 Å². The van der Waals surface area contributed by atoms with Crippen LogP contribution in [0.2, 0.25) is 0 Å². The second-order valence-corrected chi connectivity index (χ2v) is 5.72. The minimum atomic E-state index is -0.950. The van der Waals surface area contributed by atoms with Crippen molar-refractivity contribution in [1.29, 1.82) is 0 Å². The number of rotatable bonds is 2. The maximum absolute atomic E-state index is 9.63. The third kappa shape index (κ3) is 1.98. The molecule has 0 radical (unpaired) electrons. The molecule has 2 aliphatic rings. The van der Waals surface area contributed by atoms with Crippen LogP contribution in [0.4, 0.5) is 0 Å². The standard InChI is InChI=1S/C13H24O5/c1-8-6-16-9(2)11-10(8)18-13(4,15-5)12(3,7-14)17-11/h8-11,14H,6-7H2,1-5H3/t8-,9-,10+,11+,12+,13-/m0/s1. The minimum absolute atomic E-state index is 0.0431. The van der Waals surface area contributed by atoms with Gasteiger partial charge >= 0.3 is 0 Å². The lowest BCUT2D eigenvalue weighted by atomic mass is 9.87. The number of hydrogen-bond donors (Lipinski definition) is 1. The average Bonchev–Trinajstić information content (AvgIpc) is 2.36. The van der Waals surface area contributed by atoms with Crippen molar-refractivity contribution in [2.24, 2.45) is 5.92 Å². The summed E-state index contributed by atoms with van der Waals surface area (Å²) in [6.45, 7) is 8.15. The summed E-state index contributed by atoms with van der Waals surface area (Å²) in [5.74, 6) is -0.710. The molecule has 0 saturated carbocycles. The fourth-order valence-electron chi connectivity index (χ4n) is 2.67. The molecule has 2 rings (SSSR count). The molecular weight excluding hydrogens is 236 g/mol. The summed E-state index contributed by atoms with van der Waals surface area (Å²) in [6.07, 6.45) is -0.286. The highest BCUT2D eigenvalue weighted by atomic mass is 16.8. The molecule has 2 heterocycles. The zero-order valence-corrected chi connectivity index (χ0v) is 11.8. The first kappa shape index (κ1) is 14.2. The Morgan fingerprint density at radius 2 is 1.89 bits per heavy atom. The van der Waals surface area contributed by atoms with Crippen molar-refractivity contribution in [2.45, 2.75) is 57.4 Å². The van der Waals surface area contributed by atoms with Gasteiger partial charge in [0.25, 0.3) is 0 Å². The van der Waals surface area contributed by atoms with Gasteiger partial charge in [0, 0.05) is 13.0 Å². The van der Waals surface area contributed by atoms with Crippen LogP contribution in [0.3, 0.4) is 0 Å². The van der Waals surface area contributed by atoms with E-state index in [1.807, 2.05) is 13.8 Å². The highest BCUT2D eigenvalue weighted by Crippen LogP contribution is 2.43. The lowest BCUT2D eigenvalue weighted by Gasteiger charge is -2.56. The van der Waals surface area contributed by atoms with Crippen molar-refractivity contribution in [3.63, 3.8) is 0 Å². The van der Waals surface area contributed by atoms with E-state index in [9.17, 15) is 5.11 Å². The second kappa shape index (κ2) is 4.72. The Bertz CT molecular complexity index is 280. The molecule has 0 unspecified atom stereocenters. The zero-order chi connectivity index (χ0) is 13.6. The van der Waals surface area contributed by atoms with Crippen molar-refractivity contribution in [3.05, 3.63) is 0 Å². The normalized spacial score (nSPS) is 53.0. The van der Waals surface area contributed by atoms with Gasteiger partial charge in [-0.3, -0.25) is 0 Å². The van der Waals surface area contributed by atoms with Gasteiger partial charge in [-0.1, -0.05) is 6.92 Å². The highest BCUT2D eigenvalue weighted by Gasteiger charge is 2.58. The predicted molar refractivity (Wildman–Crippen MR) is 65.2 cm³/mol. The largest absolute Gasteiger partial charge is 0.393 e. The van der Waals surface area contributed by atoms with Gasteiger partial charge in [-0.15, -0.1) is 0 Å². The first-order valence-corrected chi connectivity index (χ1v) is 6.50. The molecule has 0 bridgehead atoms. The van der Waals surface area contributed by atoms with Gasteiger partial charge in [-0.05, 0) is 20.8 Å². The van der Waals surface area contributed by atoms with Crippen molar-refractivity contribution >= 4 is 0 Å². The fraction of sp³-hybridized carbons (Fsp3) is 1.00. The summed E-state index contributed by atoms with van der Waals surface area (Å²) < 4.78 is 23.4. The van der Waals surface area contributed by atoms with Crippen molar-refractivity contribution in [3.8, 4) is 0 Å². The molecular formula is C13H24O5. The summed E-state index contributed by atoms with van der Waals surface area (Å²) in [6, 6.07) is 0. The van der Waals surface area contributed by atoms with Crippen molar-refractivity contribution in [2.75, 3.05) is 20.3 Å². The van der Waals surface area contributed by atoms with E-state index in [-0.39, 0.29) is 30.8 Å². The summed E-state index contributed by atoms with van der Waals surface area (Å²) in [4.78, 5) is 0. The average molecular weight is 260 g/mol. The molecule has 2 aliphatic heterocycles. The summed E-state index contributed by atoms with van der Waals surface area (Å²) in [5, 5.41) is 9.63. The molecule has 0 spiro atoms. The van der Waals surface area contributed by atoms with E-state index in [4.69, 9.17) is 18.9 Å². The fourth-order valence-corrected chi connectivity index (χ4v) is 2.67. The maximum atomic E-state index is 9.63. The van der Waals surface area contributed by atoms with Crippen molar-refractivity contribution in [1.82, 2.24) is 0 Å². The van der Waals surface area contributed by atoms with Crippen LogP contribution in [0.15, 0.2) is 0 Å². The van der Waals surface area contributed by atoms with Crippen LogP contribution in [0.1, 0.15) is 27.7 Å². The van der Waals surface area contributed by atoms with E-state index in [1.54, 1.807) is 14.0 Å². The third-order valence-electron chi connectivity index (χ3n) is 4.38. The molecule has 106 valence electrons. The number of hydrogen-bond acceptors (Lipinski definition) is 5. The molecule has 0 amide bonds. The number of aliphatic hydroxyl groups is 1. The Hall–Kier alpha value is -0.200. The number of methoxy groups -OCH3 is 1. The van der Waals surface area contributed by atoms with Crippen molar-refractivity contribution < 1.29 is 24.1 Å². The Morgan fingerprint density at radius 3 is 2.44 bits per heavy atom. The van der Waals surface area contributed by atoms with E-state index in [1.165, 1.54) is 0 Å².